The van der Waals surface area contributed by atoms with Gasteiger partial charge in [-0.3, -0.25) is 4.79 Å². The first-order valence-corrected chi connectivity index (χ1v) is 5.26. The van der Waals surface area contributed by atoms with Crippen LogP contribution >= 0.6 is 0 Å². The molecular formula is C13H13N3O. The van der Waals surface area contributed by atoms with Gasteiger partial charge >= 0.3 is 0 Å². The summed E-state index contributed by atoms with van der Waals surface area (Å²) < 4.78 is 0. The molecule has 1 aromatic rings. The number of benzene rings is 1. The molecule has 4 nitrogen and oxygen atoms in total. The monoisotopic (exact) mass is 227 g/mol. The third-order valence-corrected chi connectivity index (χ3v) is 2.04. The van der Waals surface area contributed by atoms with Crippen LogP contribution in [0.4, 0.5) is 5.69 Å². The Morgan fingerprint density at radius 3 is 2.65 bits per heavy atom. The van der Waals surface area contributed by atoms with E-state index in [0.717, 1.165) is 11.3 Å². The Bertz CT molecular complexity index is 474. The van der Waals surface area contributed by atoms with Gasteiger partial charge in [-0.15, -0.1) is 0 Å². The molecule has 0 heterocycles. The Kier molecular flexibility index (Phi) is 5.30. The average molecular weight is 227 g/mol. The van der Waals surface area contributed by atoms with Crippen LogP contribution in [-0.4, -0.2) is 12.5 Å². The largest absolute Gasteiger partial charge is 0.330 e. The van der Waals surface area contributed by atoms with Crippen molar-refractivity contribution in [1.82, 2.24) is 0 Å². The summed E-state index contributed by atoms with van der Waals surface area (Å²) in [5, 5.41) is 11.0. The van der Waals surface area contributed by atoms with Crippen molar-refractivity contribution in [1.29, 1.82) is 5.26 Å². The number of amides is 1. The van der Waals surface area contributed by atoms with Crippen LogP contribution in [0.15, 0.2) is 24.3 Å². The smallest absolute Gasteiger partial charge is 0.224 e. The molecule has 0 aliphatic rings. The van der Waals surface area contributed by atoms with Crippen molar-refractivity contribution in [2.75, 3.05) is 11.9 Å². The molecule has 86 valence electrons. The molecule has 0 aliphatic heterocycles. The lowest BCUT2D eigenvalue weighted by atomic mass is 10.2. The number of hydrogen-bond acceptors (Lipinski definition) is 3. The lowest BCUT2D eigenvalue weighted by Gasteiger charge is -2.04. The normalized spacial score (nSPS) is 8.71. The number of carbonyl (C=O) groups is 1. The van der Waals surface area contributed by atoms with Crippen LogP contribution in [0.25, 0.3) is 0 Å². The molecule has 0 radical (unpaired) electrons. The van der Waals surface area contributed by atoms with Crippen molar-refractivity contribution in [2.45, 2.75) is 12.8 Å². The van der Waals surface area contributed by atoms with Gasteiger partial charge in [0.25, 0.3) is 0 Å². The second-order valence-corrected chi connectivity index (χ2v) is 3.38. The van der Waals surface area contributed by atoms with Crippen LogP contribution in [-0.2, 0) is 4.79 Å². The van der Waals surface area contributed by atoms with E-state index in [1.807, 2.05) is 0 Å². The fourth-order valence-corrected chi connectivity index (χ4v) is 1.22. The molecule has 17 heavy (non-hydrogen) atoms. The molecular weight excluding hydrogens is 214 g/mol. The number of rotatable bonds is 4. The minimum absolute atomic E-state index is 0.0497. The molecule has 0 aromatic heterocycles. The zero-order valence-electron chi connectivity index (χ0n) is 9.36. The van der Waals surface area contributed by atoms with Crippen molar-refractivity contribution in [3.63, 3.8) is 0 Å². The Hall–Kier alpha value is -2.30. The van der Waals surface area contributed by atoms with Gasteiger partial charge in [0.2, 0.25) is 5.91 Å². The average Bonchev–Trinajstić information content (AvgIpc) is 2.35. The van der Waals surface area contributed by atoms with Gasteiger partial charge in [0.15, 0.2) is 6.07 Å². The fourth-order valence-electron chi connectivity index (χ4n) is 1.22. The van der Waals surface area contributed by atoms with Gasteiger partial charge in [-0.25, -0.2) is 0 Å². The van der Waals surface area contributed by atoms with Crippen molar-refractivity contribution in [3.8, 4) is 17.9 Å². The number of anilines is 1. The Morgan fingerprint density at radius 2 is 2.06 bits per heavy atom. The molecule has 0 unspecified atom stereocenters. The minimum atomic E-state index is -0.0497. The second-order valence-electron chi connectivity index (χ2n) is 3.38. The zero-order chi connectivity index (χ0) is 12.5. The molecule has 1 amide bonds. The third-order valence-electron chi connectivity index (χ3n) is 2.04. The van der Waals surface area contributed by atoms with E-state index < -0.39 is 0 Å². The molecule has 0 saturated carbocycles. The fraction of sp³-hybridized carbons (Fsp3) is 0.231. The highest BCUT2D eigenvalue weighted by Crippen LogP contribution is 2.09. The predicted octanol–water partition coefficient (Wildman–Crippen LogP) is 1.24. The molecule has 0 fully saturated rings. The summed E-state index contributed by atoms with van der Waals surface area (Å²) in [6.07, 6.45) is 1.10. The summed E-state index contributed by atoms with van der Waals surface area (Å²) in [6, 6.07) is 8.75. The summed E-state index contributed by atoms with van der Waals surface area (Å²) in [6.45, 7) is 0.510. The van der Waals surface area contributed by atoms with Crippen LogP contribution in [0.2, 0.25) is 0 Å². The lowest BCUT2D eigenvalue weighted by Crippen LogP contribution is -2.13. The van der Waals surface area contributed by atoms with Crippen LogP contribution in [0.1, 0.15) is 18.4 Å². The van der Waals surface area contributed by atoms with Gasteiger partial charge in [0.05, 0.1) is 0 Å². The number of nitriles is 1. The van der Waals surface area contributed by atoms with Crippen LogP contribution in [0, 0.1) is 23.2 Å². The lowest BCUT2D eigenvalue weighted by molar-refractivity contribution is -0.116. The standard InChI is InChI=1S/C13H13N3O/c14-9-1-3-11-5-7-12(8-6-11)16-13(17)4-2-10-15/h5-8H,2,4,10,15H2,(H,16,17). The molecule has 0 aliphatic carbocycles. The number of nitrogens with one attached hydrogen (secondary N) is 1. The highest BCUT2D eigenvalue weighted by Gasteiger charge is 2.00. The molecule has 0 atom stereocenters. The van der Waals surface area contributed by atoms with Crippen molar-refractivity contribution in [3.05, 3.63) is 29.8 Å². The van der Waals surface area contributed by atoms with Gasteiger partial charge in [-0.1, -0.05) is 5.92 Å². The van der Waals surface area contributed by atoms with E-state index in [0.29, 0.717) is 19.4 Å². The number of nitrogens with two attached hydrogens (primary N) is 1. The first-order valence-electron chi connectivity index (χ1n) is 5.26. The maximum atomic E-state index is 11.4. The molecule has 0 saturated heterocycles. The quantitative estimate of drug-likeness (QED) is 0.759. The van der Waals surface area contributed by atoms with Crippen LogP contribution in [0.3, 0.4) is 0 Å². The predicted molar refractivity (Wildman–Crippen MR) is 65.9 cm³/mol. The number of hydrogen-bond donors (Lipinski definition) is 2. The van der Waals surface area contributed by atoms with E-state index in [1.54, 1.807) is 30.3 Å². The molecule has 4 heteroatoms. The summed E-state index contributed by atoms with van der Waals surface area (Å²) in [5.74, 6) is 4.93. The summed E-state index contributed by atoms with van der Waals surface area (Å²) in [7, 11) is 0. The minimum Gasteiger partial charge on any atom is -0.330 e. The first kappa shape index (κ1) is 12.8. The summed E-state index contributed by atoms with van der Waals surface area (Å²) in [4.78, 5) is 11.4. The first-order chi connectivity index (χ1) is 8.26. The molecule has 1 rings (SSSR count). The van der Waals surface area contributed by atoms with Gasteiger partial charge in [-0.2, -0.15) is 5.26 Å². The maximum Gasteiger partial charge on any atom is 0.224 e. The van der Waals surface area contributed by atoms with E-state index in [9.17, 15) is 4.79 Å². The van der Waals surface area contributed by atoms with Gasteiger partial charge in [0.1, 0.15) is 0 Å². The summed E-state index contributed by atoms with van der Waals surface area (Å²) in [5.41, 5.74) is 6.77. The van der Waals surface area contributed by atoms with Crippen molar-refractivity contribution >= 4 is 11.6 Å². The van der Waals surface area contributed by atoms with E-state index in [4.69, 9.17) is 11.0 Å². The highest BCUT2D eigenvalue weighted by atomic mass is 16.1. The van der Waals surface area contributed by atoms with E-state index in [2.05, 4.69) is 17.2 Å². The van der Waals surface area contributed by atoms with Crippen molar-refractivity contribution < 1.29 is 4.79 Å². The highest BCUT2D eigenvalue weighted by molar-refractivity contribution is 5.90. The third kappa shape index (κ3) is 4.83. The molecule has 0 bridgehead atoms. The van der Waals surface area contributed by atoms with Gasteiger partial charge in [-0.05, 0) is 37.2 Å². The molecule has 1 aromatic carbocycles. The van der Waals surface area contributed by atoms with E-state index in [-0.39, 0.29) is 5.91 Å². The number of nitrogens with zero attached hydrogens (tertiary/aromatic N) is 1. The topological polar surface area (TPSA) is 78.9 Å². The SMILES string of the molecule is N#CC#Cc1ccc(NC(=O)CCCN)cc1. The van der Waals surface area contributed by atoms with E-state index >= 15 is 0 Å². The Morgan fingerprint density at radius 1 is 1.35 bits per heavy atom. The van der Waals surface area contributed by atoms with E-state index in [1.165, 1.54) is 0 Å². The van der Waals surface area contributed by atoms with Crippen LogP contribution < -0.4 is 11.1 Å². The molecule has 3 N–H and O–H groups in total. The van der Waals surface area contributed by atoms with Gasteiger partial charge < -0.3 is 11.1 Å². The number of carbonyl (C=O) groups excluding carboxylic acids is 1. The molecule has 0 spiro atoms. The van der Waals surface area contributed by atoms with Gasteiger partial charge in [0, 0.05) is 23.6 Å². The Balaban J connectivity index is 2.57. The Labute approximate surface area is 100 Å². The summed E-state index contributed by atoms with van der Waals surface area (Å²) >= 11 is 0. The second kappa shape index (κ2) is 7.05. The maximum absolute atomic E-state index is 11.4. The van der Waals surface area contributed by atoms with Crippen molar-refractivity contribution in [2.24, 2.45) is 5.73 Å². The zero-order valence-corrected chi connectivity index (χ0v) is 9.36. The van der Waals surface area contributed by atoms with Crippen LogP contribution in [0.5, 0.6) is 0 Å².